The third-order valence-electron chi connectivity index (χ3n) is 6.19. The summed E-state index contributed by atoms with van der Waals surface area (Å²) in [5.74, 6) is 0.341. The van der Waals surface area contributed by atoms with Crippen LogP contribution in [-0.4, -0.2) is 72.8 Å². The van der Waals surface area contributed by atoms with E-state index in [4.69, 9.17) is 4.74 Å². The number of aliphatic hydroxyl groups is 1. The molecule has 3 atom stereocenters. The monoisotopic (exact) mass is 522 g/mol. The second-order valence-corrected chi connectivity index (χ2v) is 9.63. The van der Waals surface area contributed by atoms with E-state index in [9.17, 15) is 27.9 Å². The quantitative estimate of drug-likeness (QED) is 0.532. The number of carbonyl (C=O) groups is 2. The molecule has 0 aliphatic carbocycles. The maximum Gasteiger partial charge on any atom is 0.416 e. The number of benzene rings is 2. The van der Waals surface area contributed by atoms with E-state index < -0.39 is 17.8 Å². The molecule has 0 saturated carbocycles. The fraction of sp³-hybridized carbons (Fsp3) is 0.462. The zero-order chi connectivity index (χ0) is 27.3. The standard InChI is InChI=1S/C26H33F3N4O4/c1-16-13-33(17(2)15-34)24(35)12-18-11-21(9-10-22(18)37-23(16)14-32(3)4)31-25(36)30-20-7-5-19(6-8-20)26(27,28)29/h5-11,16-17,23,34H,12-15H2,1-4H3,(H2,30,31,36)/t16-,17+,23+/m1/s1. The highest BCUT2D eigenvalue weighted by atomic mass is 19.4. The van der Waals surface area contributed by atoms with Crippen LogP contribution < -0.4 is 15.4 Å². The number of anilines is 2. The number of halogens is 3. The Balaban J connectivity index is 1.81. The lowest BCUT2D eigenvalue weighted by Gasteiger charge is -2.33. The van der Waals surface area contributed by atoms with Crippen molar-refractivity contribution in [3.63, 3.8) is 0 Å². The summed E-state index contributed by atoms with van der Waals surface area (Å²) in [5.41, 5.74) is 0.344. The molecule has 37 heavy (non-hydrogen) atoms. The maximum atomic E-state index is 13.2. The van der Waals surface area contributed by atoms with E-state index in [2.05, 4.69) is 10.6 Å². The Morgan fingerprint density at radius 3 is 2.38 bits per heavy atom. The molecule has 202 valence electrons. The highest BCUT2D eigenvalue weighted by Crippen LogP contribution is 2.31. The number of aliphatic hydroxyl groups excluding tert-OH is 1. The van der Waals surface area contributed by atoms with E-state index >= 15 is 0 Å². The van der Waals surface area contributed by atoms with Crippen LogP contribution in [0.25, 0.3) is 0 Å². The van der Waals surface area contributed by atoms with E-state index in [0.29, 0.717) is 30.1 Å². The topological polar surface area (TPSA) is 94.1 Å². The summed E-state index contributed by atoms with van der Waals surface area (Å²) in [6.07, 6.45) is -4.68. The largest absolute Gasteiger partial charge is 0.488 e. The first kappa shape index (κ1) is 28.3. The van der Waals surface area contributed by atoms with Crippen molar-refractivity contribution in [2.75, 3.05) is 44.4 Å². The van der Waals surface area contributed by atoms with Gasteiger partial charge in [0.15, 0.2) is 0 Å². The van der Waals surface area contributed by atoms with Crippen LogP contribution in [0.3, 0.4) is 0 Å². The number of alkyl halides is 3. The van der Waals surface area contributed by atoms with Gasteiger partial charge in [-0.25, -0.2) is 4.79 Å². The van der Waals surface area contributed by atoms with Crippen molar-refractivity contribution in [3.8, 4) is 5.75 Å². The van der Waals surface area contributed by atoms with Gasteiger partial charge in [0, 0.05) is 35.9 Å². The van der Waals surface area contributed by atoms with Gasteiger partial charge in [0.2, 0.25) is 5.91 Å². The average molecular weight is 523 g/mol. The van der Waals surface area contributed by atoms with Crippen LogP contribution in [0, 0.1) is 5.92 Å². The number of rotatable bonds is 6. The molecule has 0 bridgehead atoms. The van der Waals surface area contributed by atoms with Crippen molar-refractivity contribution in [1.29, 1.82) is 0 Å². The minimum Gasteiger partial charge on any atom is -0.488 e. The van der Waals surface area contributed by atoms with Crippen molar-refractivity contribution in [2.45, 2.75) is 38.6 Å². The smallest absolute Gasteiger partial charge is 0.416 e. The van der Waals surface area contributed by atoms with E-state index in [0.717, 1.165) is 12.1 Å². The summed E-state index contributed by atoms with van der Waals surface area (Å²) in [5, 5.41) is 14.9. The average Bonchev–Trinajstić information content (AvgIpc) is 2.86. The normalized spacial score (nSPS) is 19.3. The predicted octanol–water partition coefficient (Wildman–Crippen LogP) is 4.06. The number of likely N-dealkylation sites (N-methyl/N-ethyl adjacent to an activating group) is 1. The van der Waals surface area contributed by atoms with Crippen LogP contribution in [-0.2, 0) is 17.4 Å². The minimum atomic E-state index is -4.46. The molecule has 0 unspecified atom stereocenters. The van der Waals surface area contributed by atoms with Gasteiger partial charge in [0.25, 0.3) is 0 Å². The minimum absolute atomic E-state index is 0.0110. The molecule has 0 radical (unpaired) electrons. The van der Waals surface area contributed by atoms with Crippen molar-refractivity contribution >= 4 is 23.3 Å². The molecule has 2 aromatic carbocycles. The number of nitrogens with zero attached hydrogens (tertiary/aromatic N) is 2. The van der Waals surface area contributed by atoms with Gasteiger partial charge in [-0.2, -0.15) is 13.2 Å². The van der Waals surface area contributed by atoms with Gasteiger partial charge in [-0.15, -0.1) is 0 Å². The summed E-state index contributed by atoms with van der Waals surface area (Å²) >= 11 is 0. The van der Waals surface area contributed by atoms with Gasteiger partial charge in [-0.1, -0.05) is 6.92 Å². The number of nitrogens with one attached hydrogen (secondary N) is 2. The van der Waals surface area contributed by atoms with Gasteiger partial charge in [0.1, 0.15) is 11.9 Å². The van der Waals surface area contributed by atoms with Crippen LogP contribution in [0.4, 0.5) is 29.3 Å². The fourth-order valence-electron chi connectivity index (χ4n) is 4.12. The lowest BCUT2D eigenvalue weighted by molar-refractivity contribution is -0.137. The maximum absolute atomic E-state index is 13.2. The molecular weight excluding hydrogens is 489 g/mol. The number of fused-ring (bicyclic) bond motifs is 1. The van der Waals surface area contributed by atoms with Crippen LogP contribution in [0.2, 0.25) is 0 Å². The Hall–Kier alpha value is -3.31. The summed E-state index contributed by atoms with van der Waals surface area (Å²) in [6, 6.07) is 8.06. The molecule has 3 rings (SSSR count). The number of amides is 3. The van der Waals surface area contributed by atoms with Crippen molar-refractivity contribution in [3.05, 3.63) is 53.6 Å². The molecule has 1 aliphatic rings. The zero-order valence-electron chi connectivity index (χ0n) is 21.3. The van der Waals surface area contributed by atoms with Crippen LogP contribution >= 0.6 is 0 Å². The summed E-state index contributed by atoms with van der Waals surface area (Å²) in [7, 11) is 3.87. The third kappa shape index (κ3) is 7.59. The molecule has 2 aromatic rings. The molecule has 3 amide bonds. The van der Waals surface area contributed by atoms with Gasteiger partial charge in [-0.3, -0.25) is 4.79 Å². The lowest BCUT2D eigenvalue weighted by atomic mass is 10.0. The summed E-state index contributed by atoms with van der Waals surface area (Å²) in [4.78, 5) is 29.3. The summed E-state index contributed by atoms with van der Waals surface area (Å²) < 4.78 is 44.6. The van der Waals surface area contributed by atoms with E-state index in [-0.39, 0.29) is 42.7 Å². The van der Waals surface area contributed by atoms with Crippen molar-refractivity contribution < 1.29 is 32.6 Å². The second-order valence-electron chi connectivity index (χ2n) is 9.63. The van der Waals surface area contributed by atoms with E-state index in [1.165, 1.54) is 12.1 Å². The first-order valence-electron chi connectivity index (χ1n) is 12.0. The van der Waals surface area contributed by atoms with Crippen LogP contribution in [0.1, 0.15) is 25.0 Å². The Bertz CT molecular complexity index is 1090. The fourth-order valence-corrected chi connectivity index (χ4v) is 4.12. The second kappa shape index (κ2) is 11.8. The highest BCUT2D eigenvalue weighted by Gasteiger charge is 2.31. The molecule has 3 N–H and O–H groups in total. The molecule has 0 saturated heterocycles. The predicted molar refractivity (Wildman–Crippen MR) is 135 cm³/mol. The molecule has 1 aliphatic heterocycles. The Morgan fingerprint density at radius 2 is 1.78 bits per heavy atom. The van der Waals surface area contributed by atoms with Gasteiger partial charge < -0.3 is 30.3 Å². The highest BCUT2D eigenvalue weighted by molar-refractivity contribution is 6.00. The van der Waals surface area contributed by atoms with Crippen molar-refractivity contribution in [2.24, 2.45) is 5.92 Å². The van der Waals surface area contributed by atoms with E-state index in [1.807, 2.05) is 25.9 Å². The molecule has 0 spiro atoms. The zero-order valence-corrected chi connectivity index (χ0v) is 21.3. The number of urea groups is 1. The summed E-state index contributed by atoms with van der Waals surface area (Å²) in [6.45, 7) is 4.66. The van der Waals surface area contributed by atoms with Crippen molar-refractivity contribution in [1.82, 2.24) is 9.80 Å². The SMILES string of the molecule is C[C@@H]1CN([C@@H](C)CO)C(=O)Cc2cc(NC(=O)Nc3ccc(C(F)(F)F)cc3)ccc2O[C@H]1CN(C)C. The van der Waals surface area contributed by atoms with Gasteiger partial charge >= 0.3 is 12.2 Å². The van der Waals surface area contributed by atoms with E-state index in [1.54, 1.807) is 30.0 Å². The molecule has 8 nitrogen and oxygen atoms in total. The Morgan fingerprint density at radius 1 is 1.16 bits per heavy atom. The molecule has 1 heterocycles. The first-order chi connectivity index (χ1) is 17.4. The van der Waals surface area contributed by atoms with Crippen LogP contribution in [0.5, 0.6) is 5.75 Å². The van der Waals surface area contributed by atoms with Gasteiger partial charge in [-0.05, 0) is 63.5 Å². The number of carbonyl (C=O) groups excluding carboxylic acids is 2. The van der Waals surface area contributed by atoms with Gasteiger partial charge in [0.05, 0.1) is 24.6 Å². The number of ether oxygens (including phenoxy) is 1. The molecular formula is C26H33F3N4O4. The Labute approximate surface area is 214 Å². The first-order valence-corrected chi connectivity index (χ1v) is 12.0. The molecule has 0 aromatic heterocycles. The molecule has 0 fully saturated rings. The third-order valence-corrected chi connectivity index (χ3v) is 6.19. The number of hydrogen-bond donors (Lipinski definition) is 3. The lowest BCUT2D eigenvalue weighted by Crippen LogP contribution is -2.47. The number of hydrogen-bond acceptors (Lipinski definition) is 5. The molecule has 11 heteroatoms. The van der Waals surface area contributed by atoms with Crippen LogP contribution in [0.15, 0.2) is 42.5 Å². The Kier molecular flexibility index (Phi) is 9.03.